The number of hydrogen-bond acceptors (Lipinski definition) is 3. The van der Waals surface area contributed by atoms with E-state index in [0.717, 1.165) is 5.56 Å². The Labute approximate surface area is 108 Å². The summed E-state index contributed by atoms with van der Waals surface area (Å²) >= 11 is 0. The molecular weight excluding hydrogens is 250 g/mol. The molecule has 6 heteroatoms. The number of nitrogens with one attached hydrogen (secondary N) is 2. The van der Waals surface area contributed by atoms with Crippen LogP contribution in [-0.2, 0) is 16.6 Å². The maximum Gasteiger partial charge on any atom is 0.216 e. The van der Waals surface area contributed by atoms with Gasteiger partial charge in [0.2, 0.25) is 10.0 Å². The molecule has 1 aromatic rings. The van der Waals surface area contributed by atoms with Crippen LogP contribution in [0, 0.1) is 5.41 Å². The van der Waals surface area contributed by atoms with Crippen LogP contribution in [0.4, 0.5) is 0 Å². The zero-order chi connectivity index (χ0) is 14.0. The van der Waals surface area contributed by atoms with Gasteiger partial charge in [-0.3, -0.25) is 5.41 Å². The lowest BCUT2D eigenvalue weighted by atomic mass is 10.1. The summed E-state index contributed by atoms with van der Waals surface area (Å²) in [7, 11) is -3.34. The normalized spacial score (nSPS) is 12.4. The highest BCUT2D eigenvalue weighted by atomic mass is 32.2. The first-order chi connectivity index (χ1) is 8.13. The van der Waals surface area contributed by atoms with Crippen molar-refractivity contribution in [2.24, 2.45) is 5.73 Å². The second kappa shape index (κ2) is 5.07. The summed E-state index contributed by atoms with van der Waals surface area (Å²) in [5.74, 6) is -0.00294. The second-order valence-corrected chi connectivity index (χ2v) is 7.57. The minimum atomic E-state index is -3.34. The number of rotatable bonds is 4. The molecule has 1 rings (SSSR count). The highest BCUT2D eigenvalue weighted by Crippen LogP contribution is 2.14. The summed E-state index contributed by atoms with van der Waals surface area (Å²) < 4.78 is 25.4. The predicted molar refractivity (Wildman–Crippen MR) is 73.0 cm³/mol. The van der Waals surface area contributed by atoms with Gasteiger partial charge in [-0.15, -0.1) is 0 Å². The van der Waals surface area contributed by atoms with Crippen LogP contribution in [0.5, 0.6) is 0 Å². The number of hydrogen-bond donors (Lipinski definition) is 3. The van der Waals surface area contributed by atoms with Crippen LogP contribution in [0.15, 0.2) is 24.3 Å². The van der Waals surface area contributed by atoms with Gasteiger partial charge in [0.1, 0.15) is 5.84 Å². The average Bonchev–Trinajstić information content (AvgIpc) is 2.25. The van der Waals surface area contributed by atoms with Gasteiger partial charge in [0.05, 0.1) is 4.75 Å². The summed E-state index contributed by atoms with van der Waals surface area (Å²) in [6.07, 6.45) is 0. The van der Waals surface area contributed by atoms with Gasteiger partial charge in [-0.25, -0.2) is 13.1 Å². The minimum absolute atomic E-state index is 0.00294. The van der Waals surface area contributed by atoms with E-state index in [1.165, 1.54) is 0 Å². The first-order valence-electron chi connectivity index (χ1n) is 5.56. The highest BCUT2D eigenvalue weighted by molar-refractivity contribution is 7.90. The van der Waals surface area contributed by atoms with Gasteiger partial charge in [-0.05, 0) is 26.3 Å². The van der Waals surface area contributed by atoms with Crippen LogP contribution >= 0.6 is 0 Å². The molecular formula is C12H19N3O2S. The second-order valence-electron chi connectivity index (χ2n) is 5.05. The van der Waals surface area contributed by atoms with E-state index in [1.54, 1.807) is 45.0 Å². The molecule has 0 aromatic heterocycles. The van der Waals surface area contributed by atoms with Crippen molar-refractivity contribution in [1.82, 2.24) is 4.72 Å². The van der Waals surface area contributed by atoms with Gasteiger partial charge in [-0.1, -0.05) is 24.3 Å². The quantitative estimate of drug-likeness (QED) is 0.566. The Hall–Kier alpha value is -1.40. The van der Waals surface area contributed by atoms with Crippen molar-refractivity contribution in [3.05, 3.63) is 35.4 Å². The SMILES string of the molecule is CC(C)(C)S(=O)(=O)NCc1ccc(C(=N)N)cc1. The Kier molecular flexibility index (Phi) is 4.13. The number of nitrogens with two attached hydrogens (primary N) is 1. The summed E-state index contributed by atoms with van der Waals surface area (Å²) in [5, 5.41) is 7.26. The lowest BCUT2D eigenvalue weighted by Gasteiger charge is -2.19. The maximum atomic E-state index is 11.8. The smallest absolute Gasteiger partial charge is 0.216 e. The Morgan fingerprint density at radius 2 is 1.78 bits per heavy atom. The molecule has 18 heavy (non-hydrogen) atoms. The van der Waals surface area contributed by atoms with Crippen LogP contribution in [-0.4, -0.2) is 19.0 Å². The van der Waals surface area contributed by atoms with Gasteiger partial charge in [0.15, 0.2) is 0 Å². The molecule has 0 aliphatic heterocycles. The van der Waals surface area contributed by atoms with E-state index in [9.17, 15) is 8.42 Å². The van der Waals surface area contributed by atoms with E-state index < -0.39 is 14.8 Å². The van der Waals surface area contributed by atoms with Crippen LogP contribution in [0.25, 0.3) is 0 Å². The van der Waals surface area contributed by atoms with Crippen molar-refractivity contribution >= 4 is 15.9 Å². The summed E-state index contributed by atoms with van der Waals surface area (Å²) in [4.78, 5) is 0. The topological polar surface area (TPSA) is 96.0 Å². The third-order valence-electron chi connectivity index (χ3n) is 2.54. The Balaban J connectivity index is 2.74. The Bertz CT molecular complexity index is 527. The monoisotopic (exact) mass is 269 g/mol. The molecule has 5 nitrogen and oxygen atoms in total. The molecule has 4 N–H and O–H groups in total. The summed E-state index contributed by atoms with van der Waals surface area (Å²) in [5.41, 5.74) is 6.79. The van der Waals surface area contributed by atoms with Crippen LogP contribution in [0.1, 0.15) is 31.9 Å². The first-order valence-corrected chi connectivity index (χ1v) is 7.04. The van der Waals surface area contributed by atoms with E-state index in [1.807, 2.05) is 0 Å². The highest BCUT2D eigenvalue weighted by Gasteiger charge is 2.28. The molecule has 0 aliphatic carbocycles. The van der Waals surface area contributed by atoms with E-state index in [2.05, 4.69) is 4.72 Å². The standard InChI is InChI=1S/C12H19N3O2S/c1-12(2,3)18(16,17)15-8-9-4-6-10(7-5-9)11(13)14/h4-7,15H,8H2,1-3H3,(H3,13,14). The fraction of sp³-hybridized carbons (Fsp3) is 0.417. The van der Waals surface area contributed by atoms with Crippen LogP contribution < -0.4 is 10.5 Å². The molecule has 0 saturated heterocycles. The van der Waals surface area contributed by atoms with E-state index in [-0.39, 0.29) is 12.4 Å². The molecule has 0 saturated carbocycles. The molecule has 0 radical (unpaired) electrons. The fourth-order valence-corrected chi connectivity index (χ4v) is 1.99. The summed E-state index contributed by atoms with van der Waals surface area (Å²) in [6.45, 7) is 5.17. The number of benzene rings is 1. The molecule has 0 bridgehead atoms. The van der Waals surface area contributed by atoms with Gasteiger partial charge < -0.3 is 5.73 Å². The van der Waals surface area contributed by atoms with Gasteiger partial charge >= 0.3 is 0 Å². The third kappa shape index (κ3) is 3.54. The molecule has 0 atom stereocenters. The molecule has 100 valence electrons. The van der Waals surface area contributed by atoms with E-state index in [0.29, 0.717) is 5.56 Å². The van der Waals surface area contributed by atoms with Crippen LogP contribution in [0.2, 0.25) is 0 Å². The van der Waals surface area contributed by atoms with Gasteiger partial charge in [-0.2, -0.15) is 0 Å². The zero-order valence-corrected chi connectivity index (χ0v) is 11.6. The summed E-state index contributed by atoms with van der Waals surface area (Å²) in [6, 6.07) is 6.90. The zero-order valence-electron chi connectivity index (χ0n) is 10.8. The Morgan fingerprint density at radius 3 is 2.17 bits per heavy atom. The molecule has 0 aliphatic rings. The first kappa shape index (κ1) is 14.7. The fourth-order valence-electron chi connectivity index (χ4n) is 1.20. The van der Waals surface area contributed by atoms with Gasteiger partial charge in [0.25, 0.3) is 0 Å². The third-order valence-corrected chi connectivity index (χ3v) is 4.67. The molecule has 0 spiro atoms. The number of sulfonamides is 1. The minimum Gasteiger partial charge on any atom is -0.384 e. The van der Waals surface area contributed by atoms with Crippen molar-refractivity contribution < 1.29 is 8.42 Å². The molecule has 0 amide bonds. The van der Waals surface area contributed by atoms with Crippen molar-refractivity contribution in [2.45, 2.75) is 32.1 Å². The van der Waals surface area contributed by atoms with Crippen molar-refractivity contribution in [2.75, 3.05) is 0 Å². The number of nitrogen functional groups attached to an aromatic ring is 1. The largest absolute Gasteiger partial charge is 0.384 e. The lowest BCUT2D eigenvalue weighted by molar-refractivity contribution is 0.544. The van der Waals surface area contributed by atoms with Crippen molar-refractivity contribution in [3.63, 3.8) is 0 Å². The average molecular weight is 269 g/mol. The predicted octanol–water partition coefficient (Wildman–Crippen LogP) is 1.19. The molecule has 0 heterocycles. The molecule has 0 unspecified atom stereocenters. The molecule has 0 fully saturated rings. The number of amidine groups is 1. The maximum absolute atomic E-state index is 11.8. The van der Waals surface area contributed by atoms with Gasteiger partial charge in [0, 0.05) is 12.1 Å². The van der Waals surface area contributed by atoms with Crippen molar-refractivity contribution in [1.29, 1.82) is 5.41 Å². The Morgan fingerprint density at radius 1 is 1.28 bits per heavy atom. The van der Waals surface area contributed by atoms with Crippen LogP contribution in [0.3, 0.4) is 0 Å². The van der Waals surface area contributed by atoms with E-state index in [4.69, 9.17) is 11.1 Å². The van der Waals surface area contributed by atoms with E-state index >= 15 is 0 Å². The molecule has 1 aromatic carbocycles. The lowest BCUT2D eigenvalue weighted by Crippen LogP contribution is -2.38. The van der Waals surface area contributed by atoms with Crippen molar-refractivity contribution in [3.8, 4) is 0 Å².